The highest BCUT2D eigenvalue weighted by Crippen LogP contribution is 2.49. The summed E-state index contributed by atoms with van der Waals surface area (Å²) in [6.45, 7) is 4.20. The second-order valence-electron chi connectivity index (χ2n) is 6.48. The van der Waals surface area contributed by atoms with Crippen molar-refractivity contribution >= 4 is 11.6 Å². The van der Waals surface area contributed by atoms with E-state index in [0.29, 0.717) is 0 Å². The molecule has 1 aliphatic carbocycles. The first-order chi connectivity index (χ1) is 10.1. The second kappa shape index (κ2) is 5.68. The van der Waals surface area contributed by atoms with E-state index in [-0.39, 0.29) is 11.3 Å². The first-order valence-electron chi connectivity index (χ1n) is 7.96. The quantitative estimate of drug-likeness (QED) is 0.841. The number of nitrogens with zero attached hydrogens (tertiary/aromatic N) is 2. The molecule has 0 bridgehead atoms. The molecule has 1 saturated heterocycles. The Kier molecular flexibility index (Phi) is 3.89. The van der Waals surface area contributed by atoms with E-state index in [1.54, 1.807) is 0 Å². The zero-order valence-electron chi connectivity index (χ0n) is 12.8. The molecule has 1 aromatic carbocycles. The van der Waals surface area contributed by atoms with E-state index < -0.39 is 0 Å². The van der Waals surface area contributed by atoms with Crippen molar-refractivity contribution in [2.75, 3.05) is 39.0 Å². The number of benzene rings is 1. The summed E-state index contributed by atoms with van der Waals surface area (Å²) in [5, 5.41) is 0. The predicted molar refractivity (Wildman–Crippen MR) is 85.1 cm³/mol. The van der Waals surface area contributed by atoms with Gasteiger partial charge in [-0.2, -0.15) is 0 Å². The molecule has 1 aromatic rings. The molecule has 0 spiro atoms. The first kappa shape index (κ1) is 14.4. The molecule has 1 aliphatic heterocycles. The molecule has 2 N–H and O–H groups in total. The maximum atomic E-state index is 12.8. The fourth-order valence-electron chi connectivity index (χ4n) is 3.32. The Hall–Kier alpha value is -1.55. The monoisotopic (exact) mass is 287 g/mol. The first-order valence-corrected chi connectivity index (χ1v) is 7.96. The van der Waals surface area contributed by atoms with Crippen LogP contribution in [0, 0.1) is 0 Å². The topological polar surface area (TPSA) is 49.6 Å². The van der Waals surface area contributed by atoms with Crippen LogP contribution in [0.25, 0.3) is 0 Å². The SMILES string of the molecule is CN(CCN1CCCC1)C(=O)C1(c2ccc(N)cc2)CC1. The number of nitrogen functional groups attached to an aromatic ring is 1. The Morgan fingerprint density at radius 3 is 2.43 bits per heavy atom. The molecule has 2 aliphatic rings. The molecule has 4 heteroatoms. The summed E-state index contributed by atoms with van der Waals surface area (Å²) in [4.78, 5) is 17.2. The molecule has 0 radical (unpaired) electrons. The van der Waals surface area contributed by atoms with Crippen LogP contribution in [-0.2, 0) is 10.2 Å². The lowest BCUT2D eigenvalue weighted by Crippen LogP contribution is -2.40. The lowest BCUT2D eigenvalue weighted by molar-refractivity contribution is -0.132. The number of amides is 1. The number of anilines is 1. The molecular formula is C17H25N3O. The number of carbonyl (C=O) groups excluding carboxylic acids is 1. The third kappa shape index (κ3) is 2.91. The van der Waals surface area contributed by atoms with Crippen molar-refractivity contribution in [3.8, 4) is 0 Å². The standard InChI is InChI=1S/C17H25N3O/c1-19(12-13-20-10-2-3-11-20)16(21)17(8-9-17)14-4-6-15(18)7-5-14/h4-7H,2-3,8-13,18H2,1H3. The Bertz CT molecular complexity index is 501. The van der Waals surface area contributed by atoms with Crippen LogP contribution in [0.15, 0.2) is 24.3 Å². The van der Waals surface area contributed by atoms with E-state index in [1.807, 2.05) is 36.2 Å². The zero-order chi connectivity index (χ0) is 14.9. The van der Waals surface area contributed by atoms with Gasteiger partial charge in [-0.15, -0.1) is 0 Å². The van der Waals surface area contributed by atoms with E-state index in [4.69, 9.17) is 5.73 Å². The molecule has 1 heterocycles. The van der Waals surface area contributed by atoms with Crippen molar-refractivity contribution in [2.45, 2.75) is 31.1 Å². The van der Waals surface area contributed by atoms with Crippen molar-refractivity contribution in [2.24, 2.45) is 0 Å². The number of likely N-dealkylation sites (tertiary alicyclic amines) is 1. The van der Waals surface area contributed by atoms with Crippen LogP contribution >= 0.6 is 0 Å². The van der Waals surface area contributed by atoms with Crippen LogP contribution in [0.4, 0.5) is 5.69 Å². The van der Waals surface area contributed by atoms with Gasteiger partial charge >= 0.3 is 0 Å². The van der Waals surface area contributed by atoms with Gasteiger partial charge in [-0.3, -0.25) is 4.79 Å². The van der Waals surface area contributed by atoms with Crippen molar-refractivity contribution in [3.05, 3.63) is 29.8 Å². The maximum absolute atomic E-state index is 12.8. The fourth-order valence-corrected chi connectivity index (χ4v) is 3.32. The average Bonchev–Trinajstić information content (AvgIpc) is 3.13. The van der Waals surface area contributed by atoms with Gasteiger partial charge in [0, 0.05) is 25.8 Å². The number of nitrogens with two attached hydrogens (primary N) is 1. The average molecular weight is 287 g/mol. The molecule has 1 saturated carbocycles. The van der Waals surface area contributed by atoms with Crippen molar-refractivity contribution in [1.82, 2.24) is 9.80 Å². The highest BCUT2D eigenvalue weighted by atomic mass is 16.2. The maximum Gasteiger partial charge on any atom is 0.233 e. The van der Waals surface area contributed by atoms with Crippen molar-refractivity contribution < 1.29 is 4.79 Å². The highest BCUT2D eigenvalue weighted by molar-refractivity contribution is 5.91. The summed E-state index contributed by atoms with van der Waals surface area (Å²) in [7, 11) is 1.94. The van der Waals surface area contributed by atoms with Crippen LogP contribution in [-0.4, -0.2) is 48.9 Å². The number of carbonyl (C=O) groups is 1. The summed E-state index contributed by atoms with van der Waals surface area (Å²) >= 11 is 0. The minimum atomic E-state index is -0.270. The van der Waals surface area contributed by atoms with Crippen LogP contribution in [0.1, 0.15) is 31.2 Å². The molecule has 21 heavy (non-hydrogen) atoms. The molecule has 4 nitrogen and oxygen atoms in total. The van der Waals surface area contributed by atoms with Gasteiger partial charge in [0.05, 0.1) is 5.41 Å². The summed E-state index contributed by atoms with van der Waals surface area (Å²) in [5.74, 6) is 0.270. The zero-order valence-corrected chi connectivity index (χ0v) is 12.8. The molecule has 1 amide bonds. The van der Waals surface area contributed by atoms with Crippen LogP contribution in [0.2, 0.25) is 0 Å². The van der Waals surface area contributed by atoms with E-state index in [9.17, 15) is 4.79 Å². The lowest BCUT2D eigenvalue weighted by atomic mass is 9.94. The number of likely N-dealkylation sites (N-methyl/N-ethyl adjacent to an activating group) is 1. The summed E-state index contributed by atoms with van der Waals surface area (Å²) in [5.41, 5.74) is 7.35. The van der Waals surface area contributed by atoms with E-state index in [2.05, 4.69) is 4.90 Å². The normalized spacial score (nSPS) is 20.4. The van der Waals surface area contributed by atoms with Gasteiger partial charge in [0.15, 0.2) is 0 Å². The van der Waals surface area contributed by atoms with E-state index >= 15 is 0 Å². The van der Waals surface area contributed by atoms with Crippen LogP contribution in [0.3, 0.4) is 0 Å². The third-order valence-corrected chi connectivity index (χ3v) is 4.92. The van der Waals surface area contributed by atoms with Gasteiger partial charge in [0.2, 0.25) is 5.91 Å². The van der Waals surface area contributed by atoms with Gasteiger partial charge < -0.3 is 15.5 Å². The van der Waals surface area contributed by atoms with Crippen molar-refractivity contribution in [1.29, 1.82) is 0 Å². The lowest BCUT2D eigenvalue weighted by Gasteiger charge is -2.26. The molecule has 2 fully saturated rings. The van der Waals surface area contributed by atoms with Gasteiger partial charge in [-0.05, 0) is 56.5 Å². The minimum absolute atomic E-state index is 0.270. The second-order valence-corrected chi connectivity index (χ2v) is 6.48. The van der Waals surface area contributed by atoms with E-state index in [1.165, 1.54) is 25.9 Å². The molecular weight excluding hydrogens is 262 g/mol. The summed E-state index contributed by atoms with van der Waals surface area (Å²) in [6, 6.07) is 7.81. The summed E-state index contributed by atoms with van der Waals surface area (Å²) in [6.07, 6.45) is 4.52. The van der Waals surface area contributed by atoms with Gasteiger partial charge in [-0.1, -0.05) is 12.1 Å². The Morgan fingerprint density at radius 2 is 1.86 bits per heavy atom. The predicted octanol–water partition coefficient (Wildman–Crippen LogP) is 1.85. The van der Waals surface area contributed by atoms with Gasteiger partial charge in [-0.25, -0.2) is 0 Å². The third-order valence-electron chi connectivity index (χ3n) is 4.92. The number of rotatable bonds is 5. The summed E-state index contributed by atoms with van der Waals surface area (Å²) < 4.78 is 0. The Labute approximate surface area is 126 Å². The number of hydrogen-bond donors (Lipinski definition) is 1. The largest absolute Gasteiger partial charge is 0.399 e. The van der Waals surface area contributed by atoms with Gasteiger partial charge in [0.25, 0.3) is 0 Å². The molecule has 0 atom stereocenters. The van der Waals surface area contributed by atoms with Crippen molar-refractivity contribution in [3.63, 3.8) is 0 Å². The van der Waals surface area contributed by atoms with Crippen LogP contribution in [0.5, 0.6) is 0 Å². The van der Waals surface area contributed by atoms with E-state index in [0.717, 1.165) is 37.2 Å². The molecule has 3 rings (SSSR count). The minimum Gasteiger partial charge on any atom is -0.399 e. The number of hydrogen-bond acceptors (Lipinski definition) is 3. The highest BCUT2D eigenvalue weighted by Gasteiger charge is 2.52. The van der Waals surface area contributed by atoms with Gasteiger partial charge in [0.1, 0.15) is 0 Å². The Morgan fingerprint density at radius 1 is 1.24 bits per heavy atom. The van der Waals surface area contributed by atoms with Crippen LogP contribution < -0.4 is 5.73 Å². The smallest absolute Gasteiger partial charge is 0.233 e. The Balaban J connectivity index is 1.62. The fraction of sp³-hybridized carbons (Fsp3) is 0.588. The molecule has 0 unspecified atom stereocenters. The molecule has 114 valence electrons. The molecule has 0 aromatic heterocycles.